The molecule has 0 saturated carbocycles. The molecule has 0 bridgehead atoms. The zero-order chi connectivity index (χ0) is 14.7. The first-order chi connectivity index (χ1) is 9.47. The molecule has 0 spiro atoms. The molecule has 0 amide bonds. The van der Waals surface area contributed by atoms with Gasteiger partial charge in [-0.15, -0.1) is 0 Å². The van der Waals surface area contributed by atoms with E-state index in [9.17, 15) is 8.78 Å². The molecule has 0 heterocycles. The standard InChI is InChI=1S/C15H13Cl2F2N/c1-9(13-5-4-12(18)7-15(13)19)20-8-10-2-3-11(16)6-14(10)17/h2-7,9,20H,8H2,1H3. The average Bonchev–Trinajstić information content (AvgIpc) is 2.37. The van der Waals surface area contributed by atoms with E-state index < -0.39 is 11.6 Å². The van der Waals surface area contributed by atoms with Crippen LogP contribution in [0.15, 0.2) is 36.4 Å². The fourth-order valence-corrected chi connectivity index (χ4v) is 2.37. The molecule has 0 fully saturated rings. The van der Waals surface area contributed by atoms with Crippen molar-refractivity contribution in [2.24, 2.45) is 0 Å². The van der Waals surface area contributed by atoms with Crippen LogP contribution in [0.4, 0.5) is 8.78 Å². The Morgan fingerprint density at radius 2 is 1.85 bits per heavy atom. The predicted octanol–water partition coefficient (Wildman–Crippen LogP) is 5.12. The van der Waals surface area contributed by atoms with Gasteiger partial charge in [0.1, 0.15) is 11.6 Å². The van der Waals surface area contributed by atoms with Gasteiger partial charge in [0, 0.05) is 34.3 Å². The summed E-state index contributed by atoms with van der Waals surface area (Å²) in [5, 5.41) is 4.26. The van der Waals surface area contributed by atoms with E-state index in [1.54, 1.807) is 19.1 Å². The second kappa shape index (κ2) is 6.53. The monoisotopic (exact) mass is 315 g/mol. The number of hydrogen-bond acceptors (Lipinski definition) is 1. The normalized spacial score (nSPS) is 12.4. The van der Waals surface area contributed by atoms with Gasteiger partial charge in [0.25, 0.3) is 0 Å². The van der Waals surface area contributed by atoms with Gasteiger partial charge >= 0.3 is 0 Å². The maximum absolute atomic E-state index is 13.6. The fourth-order valence-electron chi connectivity index (χ4n) is 1.89. The molecule has 2 aromatic carbocycles. The Labute approximate surface area is 126 Å². The smallest absolute Gasteiger partial charge is 0.130 e. The first kappa shape index (κ1) is 15.2. The van der Waals surface area contributed by atoms with Gasteiger partial charge in [0.15, 0.2) is 0 Å². The van der Waals surface area contributed by atoms with Crippen molar-refractivity contribution in [3.05, 3.63) is 69.2 Å². The van der Waals surface area contributed by atoms with Gasteiger partial charge in [-0.1, -0.05) is 35.3 Å². The highest BCUT2D eigenvalue weighted by molar-refractivity contribution is 6.35. The van der Waals surface area contributed by atoms with Gasteiger partial charge in [0.2, 0.25) is 0 Å². The Balaban J connectivity index is 2.06. The maximum atomic E-state index is 13.6. The zero-order valence-electron chi connectivity index (χ0n) is 10.8. The summed E-state index contributed by atoms with van der Waals surface area (Å²) in [6.45, 7) is 2.27. The van der Waals surface area contributed by atoms with Gasteiger partial charge < -0.3 is 5.32 Å². The molecule has 1 unspecified atom stereocenters. The van der Waals surface area contributed by atoms with Gasteiger partial charge in [-0.3, -0.25) is 0 Å². The summed E-state index contributed by atoms with van der Waals surface area (Å²) in [6, 6.07) is 8.50. The van der Waals surface area contributed by atoms with E-state index in [-0.39, 0.29) is 6.04 Å². The predicted molar refractivity (Wildman–Crippen MR) is 78.1 cm³/mol. The van der Waals surface area contributed by atoms with Crippen molar-refractivity contribution >= 4 is 23.2 Å². The van der Waals surface area contributed by atoms with E-state index in [4.69, 9.17) is 23.2 Å². The summed E-state index contributed by atoms with van der Waals surface area (Å²) in [6.07, 6.45) is 0. The van der Waals surface area contributed by atoms with Crippen LogP contribution in [0.3, 0.4) is 0 Å². The molecular formula is C15H13Cl2F2N. The molecule has 0 radical (unpaired) electrons. The minimum Gasteiger partial charge on any atom is -0.306 e. The Morgan fingerprint density at radius 3 is 2.50 bits per heavy atom. The zero-order valence-corrected chi connectivity index (χ0v) is 12.3. The van der Waals surface area contributed by atoms with E-state index in [2.05, 4.69) is 5.32 Å². The minimum atomic E-state index is -0.584. The molecule has 0 aliphatic carbocycles. The third kappa shape index (κ3) is 3.69. The number of halogens is 4. The fraction of sp³-hybridized carbons (Fsp3) is 0.200. The highest BCUT2D eigenvalue weighted by Gasteiger charge is 2.12. The summed E-state index contributed by atoms with van der Waals surface area (Å²) < 4.78 is 26.5. The van der Waals surface area contributed by atoms with Gasteiger partial charge in [-0.25, -0.2) is 8.78 Å². The summed E-state index contributed by atoms with van der Waals surface area (Å²) >= 11 is 11.9. The molecule has 0 aliphatic rings. The van der Waals surface area contributed by atoms with Crippen molar-refractivity contribution in [3.8, 4) is 0 Å². The number of benzene rings is 2. The van der Waals surface area contributed by atoms with Crippen LogP contribution in [-0.2, 0) is 6.54 Å². The van der Waals surface area contributed by atoms with Crippen LogP contribution in [0, 0.1) is 11.6 Å². The van der Waals surface area contributed by atoms with E-state index in [0.717, 1.165) is 11.6 Å². The number of hydrogen-bond donors (Lipinski definition) is 1. The first-order valence-corrected chi connectivity index (χ1v) is 6.85. The Hall–Kier alpha value is -1.16. The summed E-state index contributed by atoms with van der Waals surface area (Å²) in [5.74, 6) is -1.15. The second-order valence-electron chi connectivity index (χ2n) is 4.50. The van der Waals surface area contributed by atoms with Crippen molar-refractivity contribution in [2.75, 3.05) is 0 Å². The van der Waals surface area contributed by atoms with E-state index in [0.29, 0.717) is 22.2 Å². The highest BCUT2D eigenvalue weighted by Crippen LogP contribution is 2.23. The SMILES string of the molecule is CC(NCc1ccc(Cl)cc1Cl)c1ccc(F)cc1F. The van der Waals surface area contributed by atoms with Crippen molar-refractivity contribution in [2.45, 2.75) is 19.5 Å². The topological polar surface area (TPSA) is 12.0 Å². The van der Waals surface area contributed by atoms with Crippen molar-refractivity contribution < 1.29 is 8.78 Å². The van der Waals surface area contributed by atoms with Crippen LogP contribution in [0.2, 0.25) is 10.0 Å². The lowest BCUT2D eigenvalue weighted by molar-refractivity contribution is 0.518. The van der Waals surface area contributed by atoms with Crippen molar-refractivity contribution in [1.82, 2.24) is 5.32 Å². The van der Waals surface area contributed by atoms with Crippen molar-refractivity contribution in [3.63, 3.8) is 0 Å². The summed E-state index contributed by atoms with van der Waals surface area (Å²) in [4.78, 5) is 0. The number of rotatable bonds is 4. The lowest BCUT2D eigenvalue weighted by Gasteiger charge is -2.16. The summed E-state index contributed by atoms with van der Waals surface area (Å²) in [7, 11) is 0. The second-order valence-corrected chi connectivity index (χ2v) is 5.35. The van der Waals surface area contributed by atoms with Crippen molar-refractivity contribution in [1.29, 1.82) is 0 Å². The van der Waals surface area contributed by atoms with Crippen LogP contribution in [0.1, 0.15) is 24.1 Å². The van der Waals surface area contributed by atoms with E-state index in [1.807, 2.05) is 6.07 Å². The molecule has 2 aromatic rings. The lowest BCUT2D eigenvalue weighted by atomic mass is 10.1. The van der Waals surface area contributed by atoms with Crippen LogP contribution in [-0.4, -0.2) is 0 Å². The molecule has 0 aliphatic heterocycles. The minimum absolute atomic E-state index is 0.262. The Bertz CT molecular complexity index is 617. The van der Waals surface area contributed by atoms with Gasteiger partial charge in [-0.05, 0) is 30.7 Å². The molecule has 106 valence electrons. The van der Waals surface area contributed by atoms with Gasteiger partial charge in [-0.2, -0.15) is 0 Å². The van der Waals surface area contributed by atoms with Crippen LogP contribution in [0.25, 0.3) is 0 Å². The number of nitrogens with one attached hydrogen (secondary N) is 1. The van der Waals surface area contributed by atoms with E-state index >= 15 is 0 Å². The molecule has 20 heavy (non-hydrogen) atoms. The first-order valence-electron chi connectivity index (χ1n) is 6.09. The molecule has 0 aromatic heterocycles. The largest absolute Gasteiger partial charge is 0.306 e. The Kier molecular flexibility index (Phi) is 4.97. The Morgan fingerprint density at radius 1 is 1.10 bits per heavy atom. The quantitative estimate of drug-likeness (QED) is 0.825. The third-order valence-electron chi connectivity index (χ3n) is 3.04. The molecule has 0 saturated heterocycles. The molecule has 1 nitrogen and oxygen atoms in total. The van der Waals surface area contributed by atoms with Crippen LogP contribution >= 0.6 is 23.2 Å². The maximum Gasteiger partial charge on any atom is 0.130 e. The van der Waals surface area contributed by atoms with Crippen LogP contribution < -0.4 is 5.32 Å². The summed E-state index contributed by atoms with van der Waals surface area (Å²) in [5.41, 5.74) is 1.28. The average molecular weight is 316 g/mol. The molecule has 1 N–H and O–H groups in total. The van der Waals surface area contributed by atoms with Crippen LogP contribution in [0.5, 0.6) is 0 Å². The third-order valence-corrected chi connectivity index (χ3v) is 3.63. The van der Waals surface area contributed by atoms with E-state index in [1.165, 1.54) is 12.1 Å². The lowest BCUT2D eigenvalue weighted by Crippen LogP contribution is -2.19. The molecular weight excluding hydrogens is 303 g/mol. The highest BCUT2D eigenvalue weighted by atomic mass is 35.5. The molecule has 2 rings (SSSR count). The van der Waals surface area contributed by atoms with Gasteiger partial charge in [0.05, 0.1) is 0 Å². The molecule has 5 heteroatoms. The molecule has 1 atom stereocenters.